The van der Waals surface area contributed by atoms with Gasteiger partial charge in [-0.1, -0.05) is 6.07 Å². The van der Waals surface area contributed by atoms with Crippen LogP contribution < -0.4 is 10.6 Å². The van der Waals surface area contributed by atoms with Gasteiger partial charge < -0.3 is 10.6 Å². The number of carbonyl (C=O) groups excluding carboxylic acids is 1. The Bertz CT molecular complexity index is 437. The second kappa shape index (κ2) is 7.40. The van der Waals surface area contributed by atoms with E-state index in [0.29, 0.717) is 12.3 Å². The number of rotatable bonds is 3. The summed E-state index contributed by atoms with van der Waals surface area (Å²) in [6, 6.07) is 3.76. The van der Waals surface area contributed by atoms with Gasteiger partial charge in [-0.25, -0.2) is 8.78 Å². The van der Waals surface area contributed by atoms with E-state index < -0.39 is 11.6 Å². The van der Waals surface area contributed by atoms with Crippen LogP contribution in [0.1, 0.15) is 19.3 Å². The zero-order valence-electron chi connectivity index (χ0n) is 10.4. The highest BCUT2D eigenvalue weighted by Crippen LogP contribution is 2.19. The summed E-state index contributed by atoms with van der Waals surface area (Å²) >= 11 is 0. The van der Waals surface area contributed by atoms with Crippen LogP contribution in [-0.4, -0.2) is 19.0 Å². The summed E-state index contributed by atoms with van der Waals surface area (Å²) in [5, 5.41) is 5.64. The first-order chi connectivity index (χ1) is 8.66. The van der Waals surface area contributed by atoms with Crippen LogP contribution in [0.4, 0.5) is 14.5 Å². The number of carbonyl (C=O) groups is 1. The first-order valence-corrected chi connectivity index (χ1v) is 6.11. The lowest BCUT2D eigenvalue weighted by Crippen LogP contribution is -2.30. The van der Waals surface area contributed by atoms with Crippen LogP contribution in [0.3, 0.4) is 0 Å². The number of hydrogen-bond acceptors (Lipinski definition) is 2. The molecule has 0 radical (unpaired) electrons. The van der Waals surface area contributed by atoms with Crippen LogP contribution >= 0.6 is 12.4 Å². The van der Waals surface area contributed by atoms with Gasteiger partial charge in [0.1, 0.15) is 0 Å². The summed E-state index contributed by atoms with van der Waals surface area (Å²) in [6.45, 7) is 1.82. The third-order valence-corrected chi connectivity index (χ3v) is 3.16. The zero-order chi connectivity index (χ0) is 13.0. The molecule has 1 saturated heterocycles. The van der Waals surface area contributed by atoms with E-state index in [2.05, 4.69) is 10.6 Å². The molecule has 2 N–H and O–H groups in total. The maximum absolute atomic E-state index is 13.3. The monoisotopic (exact) mass is 290 g/mol. The lowest BCUT2D eigenvalue weighted by atomic mass is 9.94. The van der Waals surface area contributed by atoms with E-state index in [1.807, 2.05) is 0 Å². The smallest absolute Gasteiger partial charge is 0.224 e. The third kappa shape index (κ3) is 4.44. The summed E-state index contributed by atoms with van der Waals surface area (Å²) in [5.41, 5.74) is -0.0889. The summed E-state index contributed by atoms with van der Waals surface area (Å²) < 4.78 is 26.3. The highest BCUT2D eigenvalue weighted by atomic mass is 35.5. The summed E-state index contributed by atoms with van der Waals surface area (Å²) in [7, 11) is 0. The Morgan fingerprint density at radius 2 is 2.00 bits per heavy atom. The molecule has 0 bridgehead atoms. The third-order valence-electron chi connectivity index (χ3n) is 3.16. The minimum absolute atomic E-state index is 0. The van der Waals surface area contributed by atoms with Crippen molar-refractivity contribution in [2.45, 2.75) is 19.3 Å². The molecule has 1 aliphatic rings. The number of piperidine rings is 1. The average molecular weight is 291 g/mol. The molecule has 2 rings (SSSR count). The van der Waals surface area contributed by atoms with Gasteiger partial charge in [0.25, 0.3) is 0 Å². The first-order valence-electron chi connectivity index (χ1n) is 6.11. The molecule has 19 heavy (non-hydrogen) atoms. The molecule has 0 aromatic heterocycles. The van der Waals surface area contributed by atoms with Crippen LogP contribution in [0.5, 0.6) is 0 Å². The Hall–Kier alpha value is -1.20. The molecule has 0 saturated carbocycles. The highest BCUT2D eigenvalue weighted by molar-refractivity contribution is 5.90. The molecule has 106 valence electrons. The van der Waals surface area contributed by atoms with Crippen molar-refractivity contribution < 1.29 is 13.6 Å². The van der Waals surface area contributed by atoms with Crippen molar-refractivity contribution in [3.05, 3.63) is 29.8 Å². The van der Waals surface area contributed by atoms with E-state index in [-0.39, 0.29) is 24.0 Å². The minimum Gasteiger partial charge on any atom is -0.323 e. The van der Waals surface area contributed by atoms with Gasteiger partial charge >= 0.3 is 0 Å². The molecule has 3 nitrogen and oxygen atoms in total. The van der Waals surface area contributed by atoms with Crippen LogP contribution in [0.15, 0.2) is 18.2 Å². The number of amides is 1. The van der Waals surface area contributed by atoms with E-state index in [4.69, 9.17) is 0 Å². The average Bonchev–Trinajstić information content (AvgIpc) is 2.36. The normalized spacial score (nSPS) is 15.7. The lowest BCUT2D eigenvalue weighted by Gasteiger charge is -2.21. The molecule has 6 heteroatoms. The Labute approximate surface area is 117 Å². The fourth-order valence-corrected chi connectivity index (χ4v) is 2.15. The number of halogens is 3. The van der Waals surface area contributed by atoms with Crippen molar-refractivity contribution in [2.24, 2.45) is 5.92 Å². The van der Waals surface area contributed by atoms with E-state index in [1.165, 1.54) is 12.1 Å². The van der Waals surface area contributed by atoms with Gasteiger partial charge in [0, 0.05) is 6.42 Å². The zero-order valence-corrected chi connectivity index (χ0v) is 11.2. The van der Waals surface area contributed by atoms with Gasteiger partial charge in [0.05, 0.1) is 5.69 Å². The topological polar surface area (TPSA) is 41.1 Å². The molecule has 1 fully saturated rings. The molecule has 1 heterocycles. The van der Waals surface area contributed by atoms with E-state index >= 15 is 0 Å². The SMILES string of the molecule is Cl.O=C(CC1CCNCC1)Nc1cccc(F)c1F. The maximum atomic E-state index is 13.3. The molecule has 1 amide bonds. The molecule has 0 unspecified atom stereocenters. The summed E-state index contributed by atoms with van der Waals surface area (Å²) in [4.78, 5) is 11.7. The summed E-state index contributed by atoms with van der Waals surface area (Å²) in [6.07, 6.45) is 2.25. The van der Waals surface area contributed by atoms with Gasteiger partial charge in [-0.3, -0.25) is 4.79 Å². The highest BCUT2D eigenvalue weighted by Gasteiger charge is 2.18. The van der Waals surface area contributed by atoms with Gasteiger partial charge in [0.15, 0.2) is 11.6 Å². The fourth-order valence-electron chi connectivity index (χ4n) is 2.15. The van der Waals surface area contributed by atoms with Crippen molar-refractivity contribution in [3.63, 3.8) is 0 Å². The molecule has 0 atom stereocenters. The minimum atomic E-state index is -1.00. The number of benzene rings is 1. The van der Waals surface area contributed by atoms with Crippen molar-refractivity contribution >= 4 is 24.0 Å². The van der Waals surface area contributed by atoms with Gasteiger partial charge in [0.2, 0.25) is 5.91 Å². The van der Waals surface area contributed by atoms with Gasteiger partial charge in [-0.05, 0) is 44.0 Å². The standard InChI is InChI=1S/C13H16F2N2O.ClH/c14-10-2-1-3-11(13(10)15)17-12(18)8-9-4-6-16-7-5-9;/h1-3,9,16H,4-8H2,(H,17,18);1H. The number of hydrogen-bond donors (Lipinski definition) is 2. The predicted octanol–water partition coefficient (Wildman–Crippen LogP) is 2.71. The van der Waals surface area contributed by atoms with Crippen LogP contribution in [0.25, 0.3) is 0 Å². The molecule has 0 spiro atoms. The van der Waals surface area contributed by atoms with Crippen LogP contribution in [-0.2, 0) is 4.79 Å². The Kier molecular flexibility index (Phi) is 6.18. The predicted molar refractivity (Wildman–Crippen MR) is 72.4 cm³/mol. The van der Waals surface area contributed by atoms with Crippen molar-refractivity contribution in [3.8, 4) is 0 Å². The van der Waals surface area contributed by atoms with E-state index in [0.717, 1.165) is 32.0 Å². The lowest BCUT2D eigenvalue weighted by molar-refractivity contribution is -0.117. The fraction of sp³-hybridized carbons (Fsp3) is 0.462. The first kappa shape index (κ1) is 15.9. The largest absolute Gasteiger partial charge is 0.323 e. The Morgan fingerprint density at radius 1 is 1.32 bits per heavy atom. The number of nitrogens with one attached hydrogen (secondary N) is 2. The van der Waals surface area contributed by atoms with Crippen molar-refractivity contribution in [1.82, 2.24) is 5.32 Å². The molecule has 0 aliphatic carbocycles. The van der Waals surface area contributed by atoms with E-state index in [1.54, 1.807) is 0 Å². The molecule has 1 aromatic rings. The van der Waals surface area contributed by atoms with Crippen LogP contribution in [0.2, 0.25) is 0 Å². The van der Waals surface area contributed by atoms with Gasteiger partial charge in [-0.2, -0.15) is 0 Å². The van der Waals surface area contributed by atoms with Crippen molar-refractivity contribution in [2.75, 3.05) is 18.4 Å². The second-order valence-corrected chi connectivity index (χ2v) is 4.55. The summed E-state index contributed by atoms with van der Waals surface area (Å²) in [5.74, 6) is -1.89. The molecule has 1 aromatic carbocycles. The van der Waals surface area contributed by atoms with Gasteiger partial charge in [-0.15, -0.1) is 12.4 Å². The maximum Gasteiger partial charge on any atom is 0.224 e. The molecular weight excluding hydrogens is 274 g/mol. The Balaban J connectivity index is 0.00000180. The second-order valence-electron chi connectivity index (χ2n) is 4.55. The van der Waals surface area contributed by atoms with E-state index in [9.17, 15) is 13.6 Å². The quantitative estimate of drug-likeness (QED) is 0.899. The van der Waals surface area contributed by atoms with Crippen molar-refractivity contribution in [1.29, 1.82) is 0 Å². The Morgan fingerprint density at radius 3 is 2.68 bits per heavy atom. The number of anilines is 1. The van der Waals surface area contributed by atoms with Crippen LogP contribution in [0, 0.1) is 17.6 Å². The molecule has 1 aliphatic heterocycles. The molecular formula is C13H17ClF2N2O.